The van der Waals surface area contributed by atoms with Crippen LogP contribution < -0.4 is 5.32 Å². The van der Waals surface area contributed by atoms with Crippen LogP contribution in [-0.4, -0.2) is 10.5 Å². The normalized spacial score (nSPS) is 11.3. The maximum atomic E-state index is 12.7. The molecule has 4 nitrogen and oxygen atoms in total. The van der Waals surface area contributed by atoms with Gasteiger partial charge in [0.1, 0.15) is 11.6 Å². The summed E-state index contributed by atoms with van der Waals surface area (Å²) in [7, 11) is 0. The lowest BCUT2D eigenvalue weighted by Gasteiger charge is -2.12. The second-order valence-electron chi connectivity index (χ2n) is 6.56. The fourth-order valence-electron chi connectivity index (χ4n) is 3.23. The third-order valence-corrected chi connectivity index (χ3v) is 4.70. The quantitative estimate of drug-likeness (QED) is 0.594. The predicted molar refractivity (Wildman–Crippen MR) is 107 cm³/mol. The molecule has 0 saturated heterocycles. The first-order chi connectivity index (χ1) is 12.4. The number of nitriles is 1. The Morgan fingerprint density at radius 3 is 2.62 bits per heavy atom. The third-order valence-electron chi connectivity index (χ3n) is 4.70. The van der Waals surface area contributed by atoms with Gasteiger partial charge in [-0.1, -0.05) is 32.0 Å². The molecule has 1 aromatic heterocycles. The lowest BCUT2D eigenvalue weighted by molar-refractivity contribution is -0.112. The number of amides is 1. The van der Waals surface area contributed by atoms with Gasteiger partial charge in [0.15, 0.2) is 0 Å². The van der Waals surface area contributed by atoms with Crippen LogP contribution in [0, 0.1) is 32.1 Å². The molecule has 26 heavy (non-hydrogen) atoms. The molecule has 0 atom stereocenters. The summed E-state index contributed by atoms with van der Waals surface area (Å²) in [5.74, 6) is -0.364. The van der Waals surface area contributed by atoms with Crippen LogP contribution in [0.25, 0.3) is 6.08 Å². The fourth-order valence-corrected chi connectivity index (χ4v) is 3.23. The van der Waals surface area contributed by atoms with Crippen LogP contribution in [0.5, 0.6) is 0 Å². The van der Waals surface area contributed by atoms with E-state index in [1.165, 1.54) is 0 Å². The molecule has 0 aliphatic heterocycles. The van der Waals surface area contributed by atoms with Gasteiger partial charge in [0.25, 0.3) is 5.91 Å². The van der Waals surface area contributed by atoms with Gasteiger partial charge in [0.05, 0.1) is 0 Å². The second-order valence-corrected chi connectivity index (χ2v) is 6.56. The van der Waals surface area contributed by atoms with Gasteiger partial charge in [0, 0.05) is 23.6 Å². The fraction of sp³-hybridized carbons (Fsp3) is 0.364. The smallest absolute Gasteiger partial charge is 0.266 e. The van der Waals surface area contributed by atoms with Gasteiger partial charge in [-0.25, -0.2) is 0 Å². The van der Waals surface area contributed by atoms with E-state index in [1.807, 2.05) is 52.0 Å². The van der Waals surface area contributed by atoms with Crippen molar-refractivity contribution in [1.29, 1.82) is 5.26 Å². The first-order valence-corrected chi connectivity index (χ1v) is 9.11. The summed E-state index contributed by atoms with van der Waals surface area (Å²) in [6.45, 7) is 11.2. The molecule has 0 aliphatic carbocycles. The molecule has 0 bridgehead atoms. The molecule has 2 rings (SSSR count). The number of para-hydroxylation sites is 1. The number of aryl methyl sites for hydroxylation is 3. The molecule has 1 N–H and O–H groups in total. The summed E-state index contributed by atoms with van der Waals surface area (Å²) in [6, 6.07) is 10.0. The average Bonchev–Trinajstić information content (AvgIpc) is 2.88. The molecule has 0 fully saturated rings. The van der Waals surface area contributed by atoms with Crippen LogP contribution in [0.15, 0.2) is 29.8 Å². The molecule has 1 aromatic carbocycles. The number of hydrogen-bond donors (Lipinski definition) is 1. The number of hydrogen-bond acceptors (Lipinski definition) is 2. The van der Waals surface area contributed by atoms with Crippen LogP contribution in [0.2, 0.25) is 0 Å². The minimum Gasteiger partial charge on any atom is -0.349 e. The van der Waals surface area contributed by atoms with Crippen molar-refractivity contribution in [1.82, 2.24) is 4.57 Å². The summed E-state index contributed by atoms with van der Waals surface area (Å²) < 4.78 is 2.22. The van der Waals surface area contributed by atoms with E-state index in [1.54, 1.807) is 6.08 Å². The molecule has 136 valence electrons. The number of rotatable bonds is 6. The molecule has 2 aromatic rings. The number of carbonyl (C=O) groups excluding carboxylic acids is 1. The minimum atomic E-state index is -0.364. The molecule has 4 heteroatoms. The SMILES string of the molecule is CCCn1c(C)cc(/C=C(\C#N)C(=O)Nc2c(C)cccc2CC)c1C. The zero-order chi connectivity index (χ0) is 19.3. The van der Waals surface area contributed by atoms with Gasteiger partial charge in [-0.3, -0.25) is 4.79 Å². The number of benzene rings is 1. The molecule has 0 aliphatic rings. The molecule has 1 heterocycles. The van der Waals surface area contributed by atoms with E-state index < -0.39 is 0 Å². The lowest BCUT2D eigenvalue weighted by Crippen LogP contribution is -2.15. The highest BCUT2D eigenvalue weighted by molar-refractivity contribution is 6.10. The van der Waals surface area contributed by atoms with E-state index in [4.69, 9.17) is 0 Å². The molecule has 0 saturated carbocycles. The van der Waals surface area contributed by atoms with Crippen molar-refractivity contribution in [3.8, 4) is 6.07 Å². The van der Waals surface area contributed by atoms with Crippen molar-refractivity contribution in [3.05, 3.63) is 57.9 Å². The topological polar surface area (TPSA) is 57.8 Å². The molecule has 1 amide bonds. The van der Waals surface area contributed by atoms with Crippen LogP contribution in [0.3, 0.4) is 0 Å². The van der Waals surface area contributed by atoms with E-state index in [2.05, 4.69) is 22.9 Å². The number of nitrogens with zero attached hydrogens (tertiary/aromatic N) is 2. The number of aromatic nitrogens is 1. The Morgan fingerprint density at radius 1 is 1.27 bits per heavy atom. The van der Waals surface area contributed by atoms with Crippen molar-refractivity contribution in [2.45, 2.75) is 54.0 Å². The van der Waals surface area contributed by atoms with Gasteiger partial charge in [-0.05, 0) is 62.4 Å². The highest BCUT2D eigenvalue weighted by atomic mass is 16.1. The summed E-state index contributed by atoms with van der Waals surface area (Å²) in [4.78, 5) is 12.7. The van der Waals surface area contributed by atoms with Gasteiger partial charge < -0.3 is 9.88 Å². The van der Waals surface area contributed by atoms with Crippen LogP contribution in [0.4, 0.5) is 5.69 Å². The van der Waals surface area contributed by atoms with Gasteiger partial charge in [-0.15, -0.1) is 0 Å². The molecule has 0 spiro atoms. The van der Waals surface area contributed by atoms with E-state index in [0.29, 0.717) is 0 Å². The van der Waals surface area contributed by atoms with Crippen molar-refractivity contribution in [2.24, 2.45) is 0 Å². The Balaban J connectivity index is 2.35. The first kappa shape index (κ1) is 19.5. The van der Waals surface area contributed by atoms with Crippen LogP contribution in [-0.2, 0) is 17.8 Å². The Labute approximate surface area is 156 Å². The predicted octanol–water partition coefficient (Wildman–Crippen LogP) is 4.93. The highest BCUT2D eigenvalue weighted by Crippen LogP contribution is 2.23. The van der Waals surface area contributed by atoms with E-state index in [9.17, 15) is 10.1 Å². The summed E-state index contributed by atoms with van der Waals surface area (Å²) >= 11 is 0. The van der Waals surface area contributed by atoms with Crippen LogP contribution in [0.1, 0.15) is 48.3 Å². The van der Waals surface area contributed by atoms with Gasteiger partial charge in [0.2, 0.25) is 0 Å². The van der Waals surface area contributed by atoms with E-state index in [0.717, 1.165) is 53.2 Å². The highest BCUT2D eigenvalue weighted by Gasteiger charge is 2.15. The minimum absolute atomic E-state index is 0.118. The second kappa shape index (κ2) is 8.53. The van der Waals surface area contributed by atoms with Crippen molar-refractivity contribution < 1.29 is 4.79 Å². The average molecular weight is 349 g/mol. The molecule has 0 unspecified atom stereocenters. The van der Waals surface area contributed by atoms with E-state index >= 15 is 0 Å². The van der Waals surface area contributed by atoms with Crippen molar-refractivity contribution in [2.75, 3.05) is 5.32 Å². The van der Waals surface area contributed by atoms with Gasteiger partial charge in [-0.2, -0.15) is 5.26 Å². The number of carbonyl (C=O) groups is 1. The lowest BCUT2D eigenvalue weighted by atomic mass is 10.0. The zero-order valence-electron chi connectivity index (χ0n) is 16.3. The maximum absolute atomic E-state index is 12.7. The largest absolute Gasteiger partial charge is 0.349 e. The third kappa shape index (κ3) is 4.05. The van der Waals surface area contributed by atoms with Crippen LogP contribution >= 0.6 is 0 Å². The van der Waals surface area contributed by atoms with Gasteiger partial charge >= 0.3 is 0 Å². The zero-order valence-corrected chi connectivity index (χ0v) is 16.3. The standard InChI is InChI=1S/C22H27N3O/c1-6-11-25-16(4)12-19(17(25)5)13-20(14-23)22(26)24-21-15(3)9-8-10-18(21)7-2/h8-10,12-13H,6-7,11H2,1-5H3,(H,24,26)/b20-13+. The van der Waals surface area contributed by atoms with Crippen molar-refractivity contribution in [3.63, 3.8) is 0 Å². The summed E-state index contributed by atoms with van der Waals surface area (Å²) in [6.07, 6.45) is 3.55. The Bertz CT molecular complexity index is 882. The summed E-state index contributed by atoms with van der Waals surface area (Å²) in [5, 5.41) is 12.4. The Hall–Kier alpha value is -2.80. The number of nitrogens with one attached hydrogen (secondary N) is 1. The maximum Gasteiger partial charge on any atom is 0.266 e. The number of anilines is 1. The Morgan fingerprint density at radius 2 is 2.00 bits per heavy atom. The van der Waals surface area contributed by atoms with E-state index in [-0.39, 0.29) is 11.5 Å². The molecule has 0 radical (unpaired) electrons. The van der Waals surface area contributed by atoms with Crippen molar-refractivity contribution >= 4 is 17.7 Å². The monoisotopic (exact) mass is 349 g/mol. The molecular formula is C22H27N3O. The molecular weight excluding hydrogens is 322 g/mol. The Kier molecular flexibility index (Phi) is 6.41. The first-order valence-electron chi connectivity index (χ1n) is 9.11. The summed E-state index contributed by atoms with van der Waals surface area (Å²) in [5.41, 5.74) is 6.12.